The minimum atomic E-state index is 0.134. The molecule has 7 heteroatoms. The highest BCUT2D eigenvalue weighted by atomic mass is 32.1. The van der Waals surface area contributed by atoms with Gasteiger partial charge in [0.2, 0.25) is 5.13 Å². The average Bonchev–Trinajstić information content (AvgIpc) is 3.37. The summed E-state index contributed by atoms with van der Waals surface area (Å²) < 4.78 is 11.6. The van der Waals surface area contributed by atoms with Crippen LogP contribution in [0.25, 0.3) is 10.6 Å². The Hall–Kier alpha value is -2.93. The second kappa shape index (κ2) is 15.9. The van der Waals surface area contributed by atoms with Crippen LogP contribution in [0.15, 0.2) is 47.5 Å². The first-order valence-electron chi connectivity index (χ1n) is 13.3. The maximum atomic E-state index is 10.4. The summed E-state index contributed by atoms with van der Waals surface area (Å²) in [6, 6.07) is 13.2. The van der Waals surface area contributed by atoms with Crippen LogP contribution in [0.3, 0.4) is 0 Å². The molecule has 3 rings (SSSR count). The maximum Gasteiger partial charge on any atom is 0.231 e. The van der Waals surface area contributed by atoms with Crippen molar-refractivity contribution in [3.05, 3.63) is 48.0 Å². The van der Waals surface area contributed by atoms with E-state index in [0.717, 1.165) is 35.8 Å². The van der Waals surface area contributed by atoms with E-state index in [2.05, 4.69) is 29.0 Å². The van der Waals surface area contributed by atoms with Crippen LogP contribution in [0.1, 0.15) is 83.6 Å². The van der Waals surface area contributed by atoms with Crippen molar-refractivity contribution in [1.82, 2.24) is 10.2 Å². The van der Waals surface area contributed by atoms with Gasteiger partial charge in [0.05, 0.1) is 13.2 Å². The highest BCUT2D eigenvalue weighted by Gasteiger charge is 2.07. The van der Waals surface area contributed by atoms with Crippen LogP contribution in [-0.2, 0) is 0 Å². The number of ether oxygens (including phenoxy) is 2. The van der Waals surface area contributed by atoms with Crippen molar-refractivity contribution in [3.63, 3.8) is 0 Å². The molecule has 36 heavy (non-hydrogen) atoms. The molecule has 194 valence electrons. The summed E-state index contributed by atoms with van der Waals surface area (Å²) in [6.45, 7) is 5.84. The number of phenolic OH excluding ortho intramolecular Hbond substituents is 1. The first-order valence-corrected chi connectivity index (χ1v) is 14.1. The molecule has 0 aliphatic rings. The van der Waals surface area contributed by atoms with Gasteiger partial charge in [0.15, 0.2) is 0 Å². The Morgan fingerprint density at radius 2 is 1.39 bits per heavy atom. The Bertz CT molecular complexity index is 1050. The SMILES string of the molecule is CCCCCCCCOc1ccc(/C=N/c2nnc(-c3ccc(OCCCCCC)cc3)s2)c(O)c1. The maximum absolute atomic E-state index is 10.4. The number of unbranched alkanes of at least 4 members (excludes halogenated alkanes) is 8. The molecule has 0 aliphatic carbocycles. The number of aromatic nitrogens is 2. The Kier molecular flexibility index (Phi) is 12.2. The molecule has 1 aromatic heterocycles. The molecule has 1 heterocycles. The predicted molar refractivity (Wildman–Crippen MR) is 149 cm³/mol. The van der Waals surface area contributed by atoms with Crippen molar-refractivity contribution in [2.45, 2.75) is 78.1 Å². The lowest BCUT2D eigenvalue weighted by molar-refractivity contribution is 0.302. The minimum Gasteiger partial charge on any atom is -0.507 e. The van der Waals surface area contributed by atoms with Crippen molar-refractivity contribution in [2.24, 2.45) is 4.99 Å². The molecule has 0 fully saturated rings. The van der Waals surface area contributed by atoms with Crippen LogP contribution in [0.5, 0.6) is 17.2 Å². The van der Waals surface area contributed by atoms with Crippen molar-refractivity contribution < 1.29 is 14.6 Å². The molecule has 3 aromatic rings. The summed E-state index contributed by atoms with van der Waals surface area (Å²) in [5.41, 5.74) is 1.58. The van der Waals surface area contributed by atoms with E-state index >= 15 is 0 Å². The Balaban J connectivity index is 1.47. The van der Waals surface area contributed by atoms with Crippen molar-refractivity contribution in [2.75, 3.05) is 13.2 Å². The zero-order chi connectivity index (χ0) is 25.4. The number of benzene rings is 2. The molecule has 6 nitrogen and oxygen atoms in total. The molecule has 0 saturated heterocycles. The van der Waals surface area contributed by atoms with E-state index in [1.165, 1.54) is 62.7 Å². The van der Waals surface area contributed by atoms with Gasteiger partial charge in [0.25, 0.3) is 0 Å². The summed E-state index contributed by atoms with van der Waals surface area (Å²) in [7, 11) is 0. The van der Waals surface area contributed by atoms with Crippen LogP contribution >= 0.6 is 11.3 Å². The number of nitrogens with zero attached hydrogens (tertiary/aromatic N) is 3. The van der Waals surface area contributed by atoms with Gasteiger partial charge in [-0.1, -0.05) is 76.6 Å². The van der Waals surface area contributed by atoms with Crippen molar-refractivity contribution in [3.8, 4) is 27.8 Å². The van der Waals surface area contributed by atoms with Crippen molar-refractivity contribution >= 4 is 22.7 Å². The topological polar surface area (TPSA) is 76.8 Å². The van der Waals surface area contributed by atoms with Crippen LogP contribution < -0.4 is 9.47 Å². The van der Waals surface area contributed by atoms with E-state index < -0.39 is 0 Å². The summed E-state index contributed by atoms with van der Waals surface area (Å²) >= 11 is 1.40. The average molecular weight is 510 g/mol. The fourth-order valence-electron chi connectivity index (χ4n) is 3.72. The fourth-order valence-corrected chi connectivity index (χ4v) is 4.41. The third-order valence-corrected chi connectivity index (χ3v) is 6.75. The third kappa shape index (κ3) is 9.61. The number of aliphatic imine (C=N–C) groups is 1. The lowest BCUT2D eigenvalue weighted by Gasteiger charge is -2.07. The summed E-state index contributed by atoms with van der Waals surface area (Å²) in [4.78, 5) is 4.40. The van der Waals surface area contributed by atoms with E-state index in [1.54, 1.807) is 18.3 Å². The molecule has 0 spiro atoms. The fraction of sp³-hybridized carbons (Fsp3) is 0.483. The molecule has 0 bridgehead atoms. The highest BCUT2D eigenvalue weighted by molar-refractivity contribution is 7.18. The van der Waals surface area contributed by atoms with E-state index in [-0.39, 0.29) is 5.75 Å². The number of aromatic hydroxyl groups is 1. The molecule has 0 saturated carbocycles. The lowest BCUT2D eigenvalue weighted by Crippen LogP contribution is -1.97. The van der Waals surface area contributed by atoms with Gasteiger partial charge in [0, 0.05) is 23.4 Å². The van der Waals surface area contributed by atoms with Gasteiger partial charge in [-0.15, -0.1) is 10.2 Å². The lowest BCUT2D eigenvalue weighted by atomic mass is 10.1. The predicted octanol–water partition coefficient (Wildman–Crippen LogP) is 8.36. The Morgan fingerprint density at radius 3 is 2.08 bits per heavy atom. The molecule has 0 aliphatic heterocycles. The highest BCUT2D eigenvalue weighted by Crippen LogP contribution is 2.30. The zero-order valence-electron chi connectivity index (χ0n) is 21.6. The van der Waals surface area contributed by atoms with E-state index in [0.29, 0.717) is 23.1 Å². The summed E-state index contributed by atoms with van der Waals surface area (Å²) in [5, 5.41) is 20.1. The standard InChI is InChI=1S/C29H39N3O3S/c1-3-5-7-9-10-12-20-35-26-18-15-24(27(33)21-26)22-30-29-32-31-28(36-29)23-13-16-25(17-14-23)34-19-11-8-6-4-2/h13-18,21-22,33H,3-12,19-20H2,1-2H3/b30-22+. The van der Waals surface area contributed by atoms with Crippen LogP contribution in [0.2, 0.25) is 0 Å². The molecule has 0 atom stereocenters. The Labute approximate surface area is 219 Å². The number of phenols is 1. The van der Waals surface area contributed by atoms with Gasteiger partial charge in [-0.2, -0.15) is 0 Å². The van der Waals surface area contributed by atoms with Gasteiger partial charge in [-0.25, -0.2) is 4.99 Å². The van der Waals surface area contributed by atoms with E-state index in [4.69, 9.17) is 9.47 Å². The van der Waals surface area contributed by atoms with E-state index in [1.807, 2.05) is 30.3 Å². The smallest absolute Gasteiger partial charge is 0.231 e. The molecular formula is C29H39N3O3S. The van der Waals surface area contributed by atoms with Gasteiger partial charge in [-0.3, -0.25) is 0 Å². The molecule has 0 unspecified atom stereocenters. The second-order valence-corrected chi connectivity index (χ2v) is 9.87. The summed E-state index contributed by atoms with van der Waals surface area (Å²) in [6.07, 6.45) is 13.7. The van der Waals surface area contributed by atoms with Gasteiger partial charge in [-0.05, 0) is 49.2 Å². The normalized spacial score (nSPS) is 11.3. The van der Waals surface area contributed by atoms with Crippen LogP contribution in [-0.4, -0.2) is 34.7 Å². The Morgan fingerprint density at radius 1 is 0.778 bits per heavy atom. The third-order valence-electron chi connectivity index (χ3n) is 5.86. The second-order valence-electron chi connectivity index (χ2n) is 8.92. The minimum absolute atomic E-state index is 0.134. The first-order chi connectivity index (χ1) is 17.7. The molecule has 1 N–H and O–H groups in total. The summed E-state index contributed by atoms with van der Waals surface area (Å²) in [5.74, 6) is 1.67. The quantitative estimate of drug-likeness (QED) is 0.146. The van der Waals surface area contributed by atoms with Gasteiger partial charge < -0.3 is 14.6 Å². The number of hydrogen-bond donors (Lipinski definition) is 1. The van der Waals surface area contributed by atoms with Crippen LogP contribution in [0, 0.1) is 0 Å². The van der Waals surface area contributed by atoms with Gasteiger partial charge >= 0.3 is 0 Å². The van der Waals surface area contributed by atoms with E-state index in [9.17, 15) is 5.11 Å². The molecule has 0 amide bonds. The molecule has 2 aromatic carbocycles. The molecular weight excluding hydrogens is 470 g/mol. The van der Waals surface area contributed by atoms with Crippen molar-refractivity contribution in [1.29, 1.82) is 0 Å². The van der Waals surface area contributed by atoms with Gasteiger partial charge in [0.1, 0.15) is 22.3 Å². The number of rotatable bonds is 17. The van der Waals surface area contributed by atoms with Crippen LogP contribution in [0.4, 0.5) is 5.13 Å². The number of hydrogen-bond acceptors (Lipinski definition) is 7. The molecule has 0 radical (unpaired) electrons. The zero-order valence-corrected chi connectivity index (χ0v) is 22.4. The largest absolute Gasteiger partial charge is 0.507 e. The monoisotopic (exact) mass is 509 g/mol. The first kappa shape index (κ1) is 27.7.